The third-order valence-electron chi connectivity index (χ3n) is 6.35. The van der Waals surface area contributed by atoms with E-state index in [0.29, 0.717) is 19.6 Å². The molecule has 3 amide bonds. The van der Waals surface area contributed by atoms with E-state index in [-0.39, 0.29) is 30.1 Å². The van der Waals surface area contributed by atoms with Crippen LogP contribution in [0.3, 0.4) is 0 Å². The lowest BCUT2D eigenvalue weighted by Gasteiger charge is -2.30. The van der Waals surface area contributed by atoms with Crippen LogP contribution >= 0.6 is 0 Å². The lowest BCUT2D eigenvalue weighted by molar-refractivity contribution is -0.200. The van der Waals surface area contributed by atoms with Gasteiger partial charge in [0.25, 0.3) is 0 Å². The molecule has 2 heterocycles. The van der Waals surface area contributed by atoms with Gasteiger partial charge < -0.3 is 15.0 Å². The molecule has 1 unspecified atom stereocenters. The number of hydrogen-bond acceptors (Lipinski definition) is 5. The van der Waals surface area contributed by atoms with E-state index in [0.717, 1.165) is 51.4 Å². The van der Waals surface area contributed by atoms with Crippen molar-refractivity contribution in [2.24, 2.45) is 11.8 Å². The summed E-state index contributed by atoms with van der Waals surface area (Å²) in [6.07, 6.45) is 11.4. The van der Waals surface area contributed by atoms with Crippen molar-refractivity contribution in [2.75, 3.05) is 20.2 Å². The molecular formula is C24H41N3O5. The van der Waals surface area contributed by atoms with E-state index < -0.39 is 18.2 Å². The predicted molar refractivity (Wildman–Crippen MR) is 122 cm³/mol. The molecule has 0 spiro atoms. The largest absolute Gasteiger partial charge is 0.350 e. The highest BCUT2D eigenvalue weighted by Gasteiger charge is 2.31. The Morgan fingerprint density at radius 2 is 1.97 bits per heavy atom. The molecule has 1 saturated heterocycles. The quantitative estimate of drug-likeness (QED) is 0.478. The van der Waals surface area contributed by atoms with Gasteiger partial charge in [0.05, 0.1) is 0 Å². The number of hydroxylamine groups is 1. The number of hydrogen-bond donors (Lipinski definition) is 2. The van der Waals surface area contributed by atoms with Crippen LogP contribution in [0.15, 0.2) is 12.2 Å². The molecule has 0 saturated carbocycles. The number of nitrogens with zero attached hydrogens (tertiary/aromatic N) is 1. The van der Waals surface area contributed by atoms with E-state index in [4.69, 9.17) is 9.57 Å². The Hall–Kier alpha value is -1.93. The Bertz CT molecular complexity index is 633. The summed E-state index contributed by atoms with van der Waals surface area (Å²) in [5.41, 5.74) is 2.45. The number of likely N-dealkylation sites (N-methyl/N-ethyl adjacent to an activating group) is 1. The maximum Gasteiger partial charge on any atom is 0.245 e. The second kappa shape index (κ2) is 14.3. The van der Waals surface area contributed by atoms with Gasteiger partial charge in [-0.05, 0) is 50.9 Å². The van der Waals surface area contributed by atoms with E-state index in [9.17, 15) is 14.4 Å². The highest BCUT2D eigenvalue weighted by Crippen LogP contribution is 2.18. The van der Waals surface area contributed by atoms with Gasteiger partial charge in [-0.25, -0.2) is 10.3 Å². The molecule has 182 valence electrons. The number of rotatable bonds is 6. The summed E-state index contributed by atoms with van der Waals surface area (Å²) in [6, 6.07) is -0.589. The van der Waals surface area contributed by atoms with Crippen molar-refractivity contribution in [2.45, 2.75) is 90.4 Å². The van der Waals surface area contributed by atoms with Crippen molar-refractivity contribution >= 4 is 17.7 Å². The summed E-state index contributed by atoms with van der Waals surface area (Å²) in [7, 11) is 1.79. The van der Waals surface area contributed by atoms with Crippen molar-refractivity contribution in [3.8, 4) is 0 Å². The van der Waals surface area contributed by atoms with Crippen molar-refractivity contribution in [1.29, 1.82) is 0 Å². The molecular weight excluding hydrogens is 410 g/mol. The van der Waals surface area contributed by atoms with Crippen LogP contribution < -0.4 is 10.8 Å². The third-order valence-corrected chi connectivity index (χ3v) is 6.35. The normalized spacial score (nSPS) is 28.3. The number of ether oxygens (including phenoxy) is 1. The molecule has 2 rings (SSSR count). The van der Waals surface area contributed by atoms with Crippen LogP contribution in [-0.2, 0) is 24.0 Å². The highest BCUT2D eigenvalue weighted by atomic mass is 16.8. The summed E-state index contributed by atoms with van der Waals surface area (Å²) < 4.78 is 5.46. The number of carbonyl (C=O) groups is 3. The van der Waals surface area contributed by atoms with E-state index in [1.165, 1.54) is 0 Å². The van der Waals surface area contributed by atoms with E-state index in [2.05, 4.69) is 22.9 Å². The summed E-state index contributed by atoms with van der Waals surface area (Å²) in [6.45, 7) is 5.26. The summed E-state index contributed by atoms with van der Waals surface area (Å²) in [5, 5.41) is 2.97. The van der Waals surface area contributed by atoms with Gasteiger partial charge in [0.2, 0.25) is 17.7 Å². The molecule has 2 aliphatic rings. The first-order valence-electron chi connectivity index (χ1n) is 12.2. The highest BCUT2D eigenvalue weighted by molar-refractivity contribution is 5.90. The van der Waals surface area contributed by atoms with E-state index in [1.54, 1.807) is 11.9 Å². The zero-order chi connectivity index (χ0) is 23.3. The fourth-order valence-electron chi connectivity index (χ4n) is 3.99. The molecule has 8 heteroatoms. The van der Waals surface area contributed by atoms with E-state index >= 15 is 0 Å². The average Bonchev–Trinajstić information content (AvgIpc) is 2.80. The summed E-state index contributed by atoms with van der Waals surface area (Å²) in [4.78, 5) is 45.8. The zero-order valence-electron chi connectivity index (χ0n) is 19.9. The first kappa shape index (κ1) is 26.3. The Morgan fingerprint density at radius 3 is 2.66 bits per heavy atom. The van der Waals surface area contributed by atoms with Crippen LogP contribution in [0.5, 0.6) is 0 Å². The molecule has 2 aliphatic heterocycles. The number of allylic oxidation sites excluding steroid dienone is 2. The van der Waals surface area contributed by atoms with Gasteiger partial charge in [-0.15, -0.1) is 0 Å². The van der Waals surface area contributed by atoms with Crippen molar-refractivity contribution in [3.63, 3.8) is 0 Å². The van der Waals surface area contributed by atoms with Crippen LogP contribution in [0.2, 0.25) is 0 Å². The fourth-order valence-corrected chi connectivity index (χ4v) is 3.99. The topological polar surface area (TPSA) is 97.0 Å². The SMILES string of the molecule is CC[C@H](C)[C@@H]1NC(=O)[C@@H](CC(=O)NOC2CCCCO2)CCC/C=C/CCCN(C)C1=O. The number of amides is 3. The lowest BCUT2D eigenvalue weighted by Crippen LogP contribution is -2.52. The van der Waals surface area contributed by atoms with Crippen molar-refractivity contribution in [3.05, 3.63) is 12.2 Å². The van der Waals surface area contributed by atoms with Gasteiger partial charge in [-0.3, -0.25) is 14.4 Å². The molecule has 0 aromatic heterocycles. The first-order valence-corrected chi connectivity index (χ1v) is 12.2. The van der Waals surface area contributed by atoms with Crippen LogP contribution in [0, 0.1) is 11.8 Å². The molecule has 32 heavy (non-hydrogen) atoms. The Labute approximate surface area is 192 Å². The predicted octanol–water partition coefficient (Wildman–Crippen LogP) is 3.08. The summed E-state index contributed by atoms with van der Waals surface area (Å²) >= 11 is 0. The molecule has 0 aliphatic carbocycles. The van der Waals surface area contributed by atoms with Crippen LogP contribution in [0.4, 0.5) is 0 Å². The Kier molecular flexibility index (Phi) is 11.7. The maximum absolute atomic E-state index is 13.2. The van der Waals surface area contributed by atoms with Gasteiger partial charge in [0.15, 0.2) is 6.29 Å². The van der Waals surface area contributed by atoms with Gasteiger partial charge in [0.1, 0.15) is 6.04 Å². The van der Waals surface area contributed by atoms with Crippen LogP contribution in [0.25, 0.3) is 0 Å². The number of nitrogens with one attached hydrogen (secondary N) is 2. The van der Waals surface area contributed by atoms with Crippen molar-refractivity contribution < 1.29 is 24.0 Å². The van der Waals surface area contributed by atoms with Crippen LogP contribution in [0.1, 0.15) is 78.1 Å². The lowest BCUT2D eigenvalue weighted by atomic mass is 9.93. The third kappa shape index (κ3) is 8.90. The maximum atomic E-state index is 13.2. The smallest absolute Gasteiger partial charge is 0.245 e. The molecule has 2 N–H and O–H groups in total. The molecule has 0 aromatic rings. The zero-order valence-corrected chi connectivity index (χ0v) is 19.9. The Balaban J connectivity index is 2.05. The first-order chi connectivity index (χ1) is 15.4. The van der Waals surface area contributed by atoms with Crippen molar-refractivity contribution in [1.82, 2.24) is 15.7 Å². The van der Waals surface area contributed by atoms with E-state index in [1.807, 2.05) is 13.8 Å². The molecule has 4 atom stereocenters. The standard InChI is InChI=1S/C24H41N3O5/c1-4-18(2)22-24(30)27(3)15-11-8-6-5-7-9-13-19(23(29)25-22)17-20(28)26-32-21-14-10-12-16-31-21/h5-6,18-19,21-22H,4,7-17H2,1-3H3,(H,25,29)(H,26,28)/b6-5+/t18-,19+,21?,22-/m0/s1. The molecule has 1 fully saturated rings. The van der Waals surface area contributed by atoms with Gasteiger partial charge in [-0.1, -0.05) is 32.4 Å². The van der Waals surface area contributed by atoms with Gasteiger partial charge >= 0.3 is 0 Å². The molecule has 8 nitrogen and oxygen atoms in total. The summed E-state index contributed by atoms with van der Waals surface area (Å²) in [5.74, 6) is -1.19. The minimum atomic E-state index is -0.589. The second-order valence-corrected chi connectivity index (χ2v) is 9.02. The average molecular weight is 452 g/mol. The van der Waals surface area contributed by atoms with Gasteiger partial charge in [0, 0.05) is 39.0 Å². The molecule has 0 radical (unpaired) electrons. The molecule has 0 aromatic carbocycles. The van der Waals surface area contributed by atoms with Gasteiger partial charge in [-0.2, -0.15) is 0 Å². The Morgan fingerprint density at radius 1 is 1.22 bits per heavy atom. The monoisotopic (exact) mass is 451 g/mol. The molecule has 0 bridgehead atoms. The number of carbonyl (C=O) groups excluding carboxylic acids is 3. The van der Waals surface area contributed by atoms with Crippen LogP contribution in [-0.4, -0.2) is 55.2 Å². The minimum Gasteiger partial charge on any atom is -0.350 e. The second-order valence-electron chi connectivity index (χ2n) is 9.02. The fraction of sp³-hybridized carbons (Fsp3) is 0.792. The minimum absolute atomic E-state index is 0.00274.